The number of thioether (sulfide) groups is 1. The van der Waals surface area contributed by atoms with Gasteiger partial charge in [0, 0.05) is 0 Å². The lowest BCUT2D eigenvalue weighted by Gasteiger charge is -2.57. The summed E-state index contributed by atoms with van der Waals surface area (Å²) in [6.45, 7) is 1.01. The average Bonchev–Trinajstić information content (AvgIpc) is 2.36. The average molecular weight is 287 g/mol. The molecule has 0 aromatic heterocycles. The van der Waals surface area contributed by atoms with Gasteiger partial charge in [0.15, 0.2) is 11.9 Å². The largest absolute Gasteiger partial charge is 0.377 e. The lowest BCUT2D eigenvalue weighted by Crippen LogP contribution is -2.84. The Kier molecular flexibility index (Phi) is 3.07. The van der Waals surface area contributed by atoms with Gasteiger partial charge in [-0.25, -0.2) is 0 Å². The summed E-state index contributed by atoms with van der Waals surface area (Å²) in [6.07, 6.45) is -1.90. The van der Waals surface area contributed by atoms with Gasteiger partial charge in [-0.1, -0.05) is 0 Å². The summed E-state index contributed by atoms with van der Waals surface area (Å²) in [7, 11) is 1.11. The van der Waals surface area contributed by atoms with E-state index < -0.39 is 45.3 Å². The predicted molar refractivity (Wildman–Crippen MR) is 59.4 cm³/mol. The Hall–Kier alpha value is -1.58. The topological polar surface area (TPSA) is 118 Å². The Balaban J connectivity index is 2.24. The van der Waals surface area contributed by atoms with E-state index in [2.05, 4.69) is 4.84 Å². The fraction of sp³-hybridized carbons (Fsp3) is 0.500. The van der Waals surface area contributed by atoms with Crippen LogP contribution in [0.25, 0.3) is 0 Å². The number of β-lactam (4-membered cyclic amide) rings is 1. The lowest BCUT2D eigenvalue weighted by atomic mass is 9.68. The molecule has 0 aromatic rings. The Morgan fingerprint density at radius 2 is 2.00 bits per heavy atom. The van der Waals surface area contributed by atoms with Gasteiger partial charge in [0.05, 0.1) is 7.11 Å². The van der Waals surface area contributed by atoms with Gasteiger partial charge in [-0.15, -0.1) is 0 Å². The number of hydroxylamine groups is 2. The third kappa shape index (κ3) is 1.52. The Bertz CT molecular complexity index is 530. The van der Waals surface area contributed by atoms with Crippen LogP contribution in [0.4, 0.5) is 0 Å². The van der Waals surface area contributed by atoms with Crippen LogP contribution in [0.3, 0.4) is 0 Å². The summed E-state index contributed by atoms with van der Waals surface area (Å²) in [4.78, 5) is 59.8. The fourth-order valence-corrected chi connectivity index (χ4v) is 3.34. The Morgan fingerprint density at radius 3 is 2.47 bits per heavy atom. The minimum atomic E-state index is -1.90. The van der Waals surface area contributed by atoms with Crippen molar-refractivity contribution in [3.8, 4) is 0 Å². The maximum atomic E-state index is 11.6. The molecule has 1 amide bonds. The second-order valence-corrected chi connectivity index (χ2v) is 5.30. The van der Waals surface area contributed by atoms with Gasteiger partial charge >= 0.3 is 0 Å². The van der Waals surface area contributed by atoms with E-state index in [1.54, 1.807) is 0 Å². The van der Waals surface area contributed by atoms with Gasteiger partial charge in [0.1, 0.15) is 5.92 Å². The molecule has 0 aromatic carbocycles. The molecule has 1 aliphatic carbocycles. The summed E-state index contributed by atoms with van der Waals surface area (Å²) < 4.78 is 0. The van der Waals surface area contributed by atoms with Crippen LogP contribution in [-0.4, -0.2) is 56.6 Å². The van der Waals surface area contributed by atoms with Crippen molar-refractivity contribution in [1.82, 2.24) is 5.06 Å². The van der Waals surface area contributed by atoms with E-state index in [0.29, 0.717) is 5.06 Å². The van der Waals surface area contributed by atoms with Gasteiger partial charge in [-0.2, -0.15) is 5.06 Å². The standard InChI is InChI=1S/C10H9NO7S/c1-3(12)5(13)9(17)19-10-4(6(14)7(10)15)8(16)11(10)18-2/h4-5,13H,1-2H3/t4?,5?,10-/m0/s1. The van der Waals surface area contributed by atoms with Crippen LogP contribution in [-0.2, 0) is 28.8 Å². The summed E-state index contributed by atoms with van der Waals surface area (Å²) >= 11 is 0.268. The summed E-state index contributed by atoms with van der Waals surface area (Å²) in [5.74, 6) is -4.63. The minimum Gasteiger partial charge on any atom is -0.377 e. The summed E-state index contributed by atoms with van der Waals surface area (Å²) in [5, 5.41) is 8.92. The van der Waals surface area contributed by atoms with Gasteiger partial charge < -0.3 is 5.11 Å². The number of piperidine rings is 1. The molecule has 8 nitrogen and oxygen atoms in total. The number of carbonyl (C=O) groups is 5. The van der Waals surface area contributed by atoms with E-state index in [-0.39, 0.29) is 11.8 Å². The number of fused-ring (bicyclic) bond motifs is 1. The molecule has 0 radical (unpaired) electrons. The molecule has 102 valence electrons. The lowest BCUT2D eigenvalue weighted by molar-refractivity contribution is -0.245. The van der Waals surface area contributed by atoms with E-state index >= 15 is 0 Å². The van der Waals surface area contributed by atoms with Crippen molar-refractivity contribution in [2.24, 2.45) is 5.92 Å². The maximum Gasteiger partial charge on any atom is 0.262 e. The number of amides is 1. The van der Waals surface area contributed by atoms with Crippen molar-refractivity contribution in [3.05, 3.63) is 0 Å². The van der Waals surface area contributed by atoms with Gasteiger partial charge in [-0.05, 0) is 18.7 Å². The molecule has 2 aliphatic rings. The van der Waals surface area contributed by atoms with Crippen molar-refractivity contribution >= 4 is 40.1 Å². The highest BCUT2D eigenvalue weighted by Gasteiger charge is 2.80. The molecule has 1 aliphatic heterocycles. The predicted octanol–water partition coefficient (Wildman–Crippen LogP) is -1.94. The molecule has 19 heavy (non-hydrogen) atoms. The van der Waals surface area contributed by atoms with Crippen molar-refractivity contribution in [2.45, 2.75) is 17.9 Å². The van der Waals surface area contributed by atoms with Crippen LogP contribution in [0.2, 0.25) is 0 Å². The monoisotopic (exact) mass is 287 g/mol. The Morgan fingerprint density at radius 1 is 1.42 bits per heavy atom. The molecule has 9 heteroatoms. The van der Waals surface area contributed by atoms with Crippen LogP contribution in [0, 0.1) is 5.92 Å². The van der Waals surface area contributed by atoms with E-state index in [4.69, 9.17) is 0 Å². The molecule has 1 heterocycles. The highest BCUT2D eigenvalue weighted by Crippen LogP contribution is 2.55. The number of carbonyl (C=O) groups excluding carboxylic acids is 5. The smallest absolute Gasteiger partial charge is 0.262 e. The molecule has 0 spiro atoms. The number of aliphatic hydroxyl groups is 1. The number of rotatable bonds is 4. The van der Waals surface area contributed by atoms with Crippen molar-refractivity contribution in [2.75, 3.05) is 7.11 Å². The highest BCUT2D eigenvalue weighted by molar-refractivity contribution is 8.16. The van der Waals surface area contributed by atoms with Crippen LogP contribution in [0.15, 0.2) is 0 Å². The summed E-state index contributed by atoms with van der Waals surface area (Å²) in [6, 6.07) is 0. The molecule has 1 N–H and O–H groups in total. The van der Waals surface area contributed by atoms with E-state index in [1.807, 2.05) is 0 Å². The molecule has 2 unspecified atom stereocenters. The van der Waals surface area contributed by atoms with Gasteiger partial charge in [0.2, 0.25) is 21.6 Å². The maximum absolute atomic E-state index is 11.6. The molecular formula is C10H9NO7S. The fourth-order valence-electron chi connectivity index (χ4n) is 1.99. The molecule has 3 atom stereocenters. The van der Waals surface area contributed by atoms with Gasteiger partial charge in [-0.3, -0.25) is 28.8 Å². The molecule has 1 saturated carbocycles. The molecule has 1 saturated heterocycles. The zero-order valence-corrected chi connectivity index (χ0v) is 10.7. The van der Waals surface area contributed by atoms with Crippen molar-refractivity contribution in [3.63, 3.8) is 0 Å². The molecule has 2 fully saturated rings. The molecule has 2 rings (SSSR count). The third-order valence-electron chi connectivity index (χ3n) is 3.00. The molecule has 0 bridgehead atoms. The number of hydrogen-bond acceptors (Lipinski definition) is 8. The third-order valence-corrected chi connectivity index (χ3v) is 4.32. The summed E-state index contributed by atoms with van der Waals surface area (Å²) in [5.41, 5.74) is 0. The zero-order chi connectivity index (χ0) is 14.5. The van der Waals surface area contributed by atoms with Crippen LogP contribution in [0.1, 0.15) is 6.92 Å². The first-order valence-electron chi connectivity index (χ1n) is 5.17. The Labute approximate surface area is 111 Å². The van der Waals surface area contributed by atoms with E-state index in [1.165, 1.54) is 0 Å². The van der Waals surface area contributed by atoms with Crippen molar-refractivity contribution in [1.29, 1.82) is 0 Å². The first-order chi connectivity index (χ1) is 8.78. The first kappa shape index (κ1) is 13.8. The number of nitrogens with zero attached hydrogens (tertiary/aromatic N) is 1. The first-order valence-corrected chi connectivity index (χ1v) is 5.98. The number of Topliss-reactive ketones (excluding diaryl/α,β-unsaturated/α-hetero) is 3. The van der Waals surface area contributed by atoms with Crippen LogP contribution >= 0.6 is 11.8 Å². The number of ketones is 3. The van der Waals surface area contributed by atoms with E-state index in [9.17, 15) is 29.1 Å². The highest BCUT2D eigenvalue weighted by atomic mass is 32.2. The van der Waals surface area contributed by atoms with Crippen LogP contribution in [0.5, 0.6) is 0 Å². The van der Waals surface area contributed by atoms with Crippen molar-refractivity contribution < 1.29 is 33.9 Å². The second-order valence-electron chi connectivity index (χ2n) is 4.07. The zero-order valence-electron chi connectivity index (χ0n) is 9.91. The van der Waals surface area contributed by atoms with Crippen LogP contribution < -0.4 is 0 Å². The number of hydrogen-bond donors (Lipinski definition) is 1. The SMILES string of the molecule is CON1C(=O)C2C(=O)C(=O)[C@@]21SC(=O)C(O)C(C)=O. The second kappa shape index (κ2) is 4.22. The quantitative estimate of drug-likeness (QED) is 0.360. The molecular weight excluding hydrogens is 278 g/mol. The normalized spacial score (nSPS) is 30.4. The van der Waals surface area contributed by atoms with Gasteiger partial charge in [0.25, 0.3) is 5.91 Å². The van der Waals surface area contributed by atoms with E-state index in [0.717, 1.165) is 14.0 Å². The number of aliphatic hydroxyl groups excluding tert-OH is 1. The minimum absolute atomic E-state index is 0.268.